The molecule has 2 amide bonds. The van der Waals surface area contributed by atoms with E-state index in [-0.39, 0.29) is 18.9 Å². The molecule has 154 valence electrons. The smallest absolute Gasteiger partial charge is 0.410 e. The molecule has 28 heavy (non-hydrogen) atoms. The normalized spacial score (nSPS) is 12.8. The number of hydrogen-bond donors (Lipinski definition) is 1. The second-order valence-electron chi connectivity index (χ2n) is 7.11. The number of benzene rings is 1. The van der Waals surface area contributed by atoms with Crippen molar-refractivity contribution in [1.29, 1.82) is 0 Å². The summed E-state index contributed by atoms with van der Waals surface area (Å²) in [4.78, 5) is 39.6. The van der Waals surface area contributed by atoms with E-state index in [9.17, 15) is 19.5 Å². The number of likely N-dealkylation sites (N-methyl/N-ethyl adjacent to an activating group) is 2. The summed E-state index contributed by atoms with van der Waals surface area (Å²) < 4.78 is 5.03. The third kappa shape index (κ3) is 6.72. The minimum absolute atomic E-state index is 0.0351. The quantitative estimate of drug-likeness (QED) is 0.621. The van der Waals surface area contributed by atoms with Crippen LogP contribution in [0, 0.1) is 5.92 Å². The van der Waals surface area contributed by atoms with Crippen molar-refractivity contribution in [3.05, 3.63) is 48.6 Å². The number of carboxylic acids is 1. The number of ether oxygens (including phenoxy) is 1. The number of carbonyl (C=O) groups excluding carboxylic acids is 2. The Bertz CT molecular complexity index is 675. The third-order valence-electron chi connectivity index (χ3n) is 4.43. The number of amides is 2. The molecular formula is C21H30N2O5. The van der Waals surface area contributed by atoms with Gasteiger partial charge in [0.2, 0.25) is 5.91 Å². The molecule has 1 rings (SSSR count). The molecule has 0 aromatic heterocycles. The molecule has 0 heterocycles. The summed E-state index contributed by atoms with van der Waals surface area (Å²) in [5.41, 5.74) is 0.814. The summed E-state index contributed by atoms with van der Waals surface area (Å²) in [6, 6.07) is 7.26. The van der Waals surface area contributed by atoms with Gasteiger partial charge in [0, 0.05) is 20.5 Å². The zero-order valence-corrected chi connectivity index (χ0v) is 17.0. The summed E-state index contributed by atoms with van der Waals surface area (Å²) in [5.74, 6) is -1.41. The van der Waals surface area contributed by atoms with Crippen molar-refractivity contribution in [2.75, 3.05) is 20.7 Å². The number of hydrogen-bond acceptors (Lipinski definition) is 4. The van der Waals surface area contributed by atoms with Crippen molar-refractivity contribution in [1.82, 2.24) is 9.80 Å². The molecule has 0 aliphatic heterocycles. The summed E-state index contributed by atoms with van der Waals surface area (Å²) in [6.07, 6.45) is 1.36. The monoisotopic (exact) mass is 390 g/mol. The van der Waals surface area contributed by atoms with Crippen LogP contribution >= 0.6 is 0 Å². The number of carboxylic acid groups (broad SMARTS) is 1. The maximum Gasteiger partial charge on any atom is 0.410 e. The van der Waals surface area contributed by atoms with Crippen LogP contribution in [0.1, 0.15) is 25.8 Å². The first-order valence-corrected chi connectivity index (χ1v) is 9.22. The van der Waals surface area contributed by atoms with Gasteiger partial charge in [0.25, 0.3) is 0 Å². The summed E-state index contributed by atoms with van der Waals surface area (Å²) in [5, 5.41) is 9.67. The van der Waals surface area contributed by atoms with E-state index in [0.717, 1.165) is 5.56 Å². The number of carbonyl (C=O) groups is 3. The Morgan fingerprint density at radius 1 is 1.11 bits per heavy atom. The highest BCUT2D eigenvalue weighted by molar-refractivity contribution is 5.89. The van der Waals surface area contributed by atoms with Crippen molar-refractivity contribution in [2.45, 2.75) is 38.8 Å². The van der Waals surface area contributed by atoms with E-state index in [2.05, 4.69) is 6.58 Å². The minimum Gasteiger partial charge on any atom is -0.480 e. The van der Waals surface area contributed by atoms with Gasteiger partial charge in [-0.15, -0.1) is 0 Å². The van der Waals surface area contributed by atoms with Crippen molar-refractivity contribution in [2.24, 2.45) is 5.92 Å². The molecule has 0 saturated carbocycles. The summed E-state index contributed by atoms with van der Waals surface area (Å²) in [6.45, 7) is 7.39. The average Bonchev–Trinajstić information content (AvgIpc) is 2.67. The lowest BCUT2D eigenvalue weighted by Gasteiger charge is -2.33. The third-order valence-corrected chi connectivity index (χ3v) is 4.43. The Kier molecular flexibility index (Phi) is 9.21. The molecule has 0 spiro atoms. The van der Waals surface area contributed by atoms with E-state index in [1.807, 2.05) is 44.2 Å². The van der Waals surface area contributed by atoms with Gasteiger partial charge in [0.15, 0.2) is 0 Å². The molecule has 0 aliphatic carbocycles. The van der Waals surface area contributed by atoms with Gasteiger partial charge in [-0.1, -0.05) is 56.8 Å². The fourth-order valence-corrected chi connectivity index (χ4v) is 2.85. The second-order valence-corrected chi connectivity index (χ2v) is 7.11. The van der Waals surface area contributed by atoms with Gasteiger partial charge in [-0.05, 0) is 17.9 Å². The zero-order valence-electron chi connectivity index (χ0n) is 17.0. The van der Waals surface area contributed by atoms with Gasteiger partial charge >= 0.3 is 12.1 Å². The lowest BCUT2D eigenvalue weighted by Crippen LogP contribution is -2.53. The molecule has 1 aromatic rings. The van der Waals surface area contributed by atoms with Gasteiger partial charge in [-0.2, -0.15) is 0 Å². The van der Waals surface area contributed by atoms with E-state index in [1.54, 1.807) is 0 Å². The highest BCUT2D eigenvalue weighted by Gasteiger charge is 2.35. The molecule has 2 unspecified atom stereocenters. The predicted molar refractivity (Wildman–Crippen MR) is 107 cm³/mol. The Hall–Kier alpha value is -2.83. The van der Waals surface area contributed by atoms with E-state index in [0.29, 0.717) is 6.42 Å². The Labute approximate surface area is 166 Å². The summed E-state index contributed by atoms with van der Waals surface area (Å²) in [7, 11) is 2.94. The molecule has 1 N–H and O–H groups in total. The largest absolute Gasteiger partial charge is 0.480 e. The van der Waals surface area contributed by atoms with E-state index < -0.39 is 30.1 Å². The maximum atomic E-state index is 13.1. The van der Waals surface area contributed by atoms with Gasteiger partial charge in [0.05, 0.1) is 0 Å². The van der Waals surface area contributed by atoms with E-state index in [1.165, 1.54) is 30.0 Å². The molecule has 0 fully saturated rings. The molecule has 7 nitrogen and oxygen atoms in total. The summed E-state index contributed by atoms with van der Waals surface area (Å²) >= 11 is 0. The molecule has 0 saturated heterocycles. The number of aliphatic carboxylic acids is 1. The molecule has 7 heteroatoms. The molecular weight excluding hydrogens is 360 g/mol. The van der Waals surface area contributed by atoms with Crippen molar-refractivity contribution < 1.29 is 24.2 Å². The minimum atomic E-state index is -1.10. The van der Waals surface area contributed by atoms with E-state index >= 15 is 0 Å². The van der Waals surface area contributed by atoms with Crippen LogP contribution in [0.25, 0.3) is 0 Å². The van der Waals surface area contributed by atoms with Gasteiger partial charge in [-0.3, -0.25) is 9.69 Å². The Morgan fingerprint density at radius 2 is 1.71 bits per heavy atom. The van der Waals surface area contributed by atoms with Crippen LogP contribution < -0.4 is 0 Å². The first-order chi connectivity index (χ1) is 13.2. The van der Waals surface area contributed by atoms with Crippen molar-refractivity contribution >= 4 is 18.0 Å². The van der Waals surface area contributed by atoms with E-state index in [4.69, 9.17) is 4.74 Å². The lowest BCUT2D eigenvalue weighted by atomic mass is 9.99. The van der Waals surface area contributed by atoms with Crippen molar-refractivity contribution in [3.63, 3.8) is 0 Å². The molecule has 0 bridgehead atoms. The standard InChI is InChI=1S/C21H30N2O5/c1-6-12-28-21(27)23(5)17(13-15(2)3)19(24)22(4)18(20(25)26)14-16-10-8-7-9-11-16/h6-11,15,17-18H,1,12-14H2,2-5H3,(H,25,26). The van der Waals surface area contributed by atoms with Crippen LogP contribution in [-0.2, 0) is 20.7 Å². The van der Waals surface area contributed by atoms with Crippen LogP contribution in [0.4, 0.5) is 4.79 Å². The first kappa shape index (κ1) is 23.2. The Balaban J connectivity index is 3.04. The van der Waals surface area contributed by atoms with Crippen LogP contribution in [0.3, 0.4) is 0 Å². The SMILES string of the molecule is C=CCOC(=O)N(C)C(CC(C)C)C(=O)N(C)C(Cc1ccccc1)C(=O)O. The van der Waals surface area contributed by atoms with Crippen molar-refractivity contribution in [3.8, 4) is 0 Å². The van der Waals surface area contributed by atoms with Gasteiger partial charge in [-0.25, -0.2) is 9.59 Å². The van der Waals surface area contributed by atoms with Gasteiger partial charge < -0.3 is 14.7 Å². The maximum absolute atomic E-state index is 13.1. The fourth-order valence-electron chi connectivity index (χ4n) is 2.85. The second kappa shape index (κ2) is 11.1. The highest BCUT2D eigenvalue weighted by atomic mass is 16.6. The number of rotatable bonds is 10. The average molecular weight is 390 g/mol. The van der Waals surface area contributed by atoms with Gasteiger partial charge in [0.1, 0.15) is 18.7 Å². The highest BCUT2D eigenvalue weighted by Crippen LogP contribution is 2.17. The van der Waals surface area contributed by atoms with Crippen LogP contribution in [0.2, 0.25) is 0 Å². The molecule has 2 atom stereocenters. The lowest BCUT2D eigenvalue weighted by molar-refractivity contribution is -0.151. The molecule has 0 radical (unpaired) electrons. The first-order valence-electron chi connectivity index (χ1n) is 9.22. The zero-order chi connectivity index (χ0) is 21.3. The van der Waals surface area contributed by atoms with Crippen LogP contribution in [0.15, 0.2) is 43.0 Å². The predicted octanol–water partition coefficient (Wildman–Crippen LogP) is 2.81. The molecule has 0 aliphatic rings. The number of nitrogens with zero attached hydrogens (tertiary/aromatic N) is 2. The Morgan fingerprint density at radius 3 is 2.21 bits per heavy atom. The fraction of sp³-hybridized carbons (Fsp3) is 0.476. The van der Waals surface area contributed by atoms with Crippen LogP contribution in [-0.4, -0.2) is 65.7 Å². The molecule has 1 aromatic carbocycles. The van der Waals surface area contributed by atoms with Crippen LogP contribution in [0.5, 0.6) is 0 Å². The topological polar surface area (TPSA) is 87.2 Å².